The number of nitrogens with zero attached hydrogens (tertiary/aromatic N) is 1. The molecule has 18 heavy (non-hydrogen) atoms. The van der Waals surface area contributed by atoms with Crippen LogP contribution in [0.15, 0.2) is 10.6 Å². The molecule has 1 saturated heterocycles. The zero-order valence-corrected chi connectivity index (χ0v) is 10.2. The molecule has 0 bridgehead atoms. The van der Waals surface area contributed by atoms with Crippen molar-refractivity contribution in [1.82, 2.24) is 15.8 Å². The number of amides is 3. The lowest BCUT2D eigenvalue weighted by Gasteiger charge is -2.14. The van der Waals surface area contributed by atoms with Crippen molar-refractivity contribution in [2.24, 2.45) is 0 Å². The van der Waals surface area contributed by atoms with E-state index in [0.717, 1.165) is 12.8 Å². The maximum atomic E-state index is 11.7. The third kappa shape index (κ3) is 3.22. The van der Waals surface area contributed by atoms with Crippen LogP contribution in [-0.4, -0.2) is 29.7 Å². The summed E-state index contributed by atoms with van der Waals surface area (Å²) in [6.45, 7) is 2.40. The fourth-order valence-electron chi connectivity index (χ4n) is 1.81. The Morgan fingerprint density at radius 2 is 2.39 bits per heavy atom. The Hall–Kier alpha value is -2.05. The molecule has 7 heteroatoms. The van der Waals surface area contributed by atoms with Gasteiger partial charge in [0.05, 0.1) is 0 Å². The van der Waals surface area contributed by atoms with Gasteiger partial charge in [-0.15, -0.1) is 0 Å². The molecule has 0 saturated carbocycles. The van der Waals surface area contributed by atoms with Gasteiger partial charge in [-0.1, -0.05) is 5.16 Å². The number of hydrogen-bond donors (Lipinski definition) is 3. The predicted octanol–water partition coefficient (Wildman–Crippen LogP) is 0.773. The van der Waals surface area contributed by atoms with Gasteiger partial charge in [-0.25, -0.2) is 4.79 Å². The van der Waals surface area contributed by atoms with Gasteiger partial charge in [0, 0.05) is 12.6 Å². The molecule has 0 radical (unpaired) electrons. The SMILES string of the molecule is Cc1cc(NC(=O)N[C@H]2CCCCNC2=O)no1. The van der Waals surface area contributed by atoms with Gasteiger partial charge in [-0.2, -0.15) is 0 Å². The molecule has 0 spiro atoms. The molecule has 0 aliphatic carbocycles. The van der Waals surface area contributed by atoms with Gasteiger partial charge in [0.2, 0.25) is 5.91 Å². The van der Waals surface area contributed by atoms with Crippen LogP contribution in [0.1, 0.15) is 25.0 Å². The minimum absolute atomic E-state index is 0.140. The van der Waals surface area contributed by atoms with E-state index in [2.05, 4.69) is 21.1 Å². The Morgan fingerprint density at radius 3 is 3.11 bits per heavy atom. The maximum Gasteiger partial charge on any atom is 0.321 e. The summed E-state index contributed by atoms with van der Waals surface area (Å²) in [6, 6.07) is 0.665. The molecule has 7 nitrogen and oxygen atoms in total. The lowest BCUT2D eigenvalue weighted by atomic mass is 10.1. The monoisotopic (exact) mass is 252 g/mol. The lowest BCUT2D eigenvalue weighted by Crippen LogP contribution is -2.47. The van der Waals surface area contributed by atoms with Crippen LogP contribution in [-0.2, 0) is 4.79 Å². The second-order valence-electron chi connectivity index (χ2n) is 4.26. The standard InChI is InChI=1S/C11H16N4O3/c1-7-6-9(15-18-7)14-11(17)13-8-4-2-3-5-12-10(8)16/h6,8H,2-5H2,1H3,(H,12,16)(H2,13,14,15,17)/t8-/m0/s1. The molecule has 1 fully saturated rings. The fraction of sp³-hybridized carbons (Fsp3) is 0.545. The van der Waals surface area contributed by atoms with Crippen LogP contribution in [0.2, 0.25) is 0 Å². The molecule has 1 aliphatic rings. The minimum Gasteiger partial charge on any atom is -0.360 e. The molecule has 2 rings (SSSR count). The zero-order chi connectivity index (χ0) is 13.0. The summed E-state index contributed by atoms with van der Waals surface area (Å²) in [7, 11) is 0. The average Bonchev–Trinajstić information content (AvgIpc) is 2.61. The highest BCUT2D eigenvalue weighted by atomic mass is 16.5. The number of anilines is 1. The van der Waals surface area contributed by atoms with Crippen LogP contribution >= 0.6 is 0 Å². The molecule has 1 atom stereocenters. The van der Waals surface area contributed by atoms with Gasteiger partial charge >= 0.3 is 6.03 Å². The van der Waals surface area contributed by atoms with E-state index in [4.69, 9.17) is 4.52 Å². The highest BCUT2D eigenvalue weighted by Crippen LogP contribution is 2.08. The van der Waals surface area contributed by atoms with E-state index in [1.165, 1.54) is 0 Å². The molecule has 1 aromatic rings. The highest BCUT2D eigenvalue weighted by molar-refractivity contribution is 5.93. The Bertz CT molecular complexity index is 443. The summed E-state index contributed by atoms with van der Waals surface area (Å²) < 4.78 is 4.82. The number of rotatable bonds is 2. The highest BCUT2D eigenvalue weighted by Gasteiger charge is 2.22. The van der Waals surface area contributed by atoms with E-state index in [-0.39, 0.29) is 5.91 Å². The van der Waals surface area contributed by atoms with E-state index in [1.807, 2.05) is 0 Å². The number of aryl methyl sites for hydroxylation is 1. The van der Waals surface area contributed by atoms with Crippen molar-refractivity contribution in [3.63, 3.8) is 0 Å². The quantitative estimate of drug-likeness (QED) is 0.724. The van der Waals surface area contributed by atoms with Gasteiger partial charge in [0.15, 0.2) is 5.82 Å². The first-order chi connectivity index (χ1) is 8.65. The first-order valence-electron chi connectivity index (χ1n) is 5.94. The van der Waals surface area contributed by atoms with Crippen molar-refractivity contribution in [1.29, 1.82) is 0 Å². The maximum absolute atomic E-state index is 11.7. The smallest absolute Gasteiger partial charge is 0.321 e. The van der Waals surface area contributed by atoms with Crippen LogP contribution in [0.4, 0.5) is 10.6 Å². The molecule has 1 aromatic heterocycles. The molecule has 0 unspecified atom stereocenters. The van der Waals surface area contributed by atoms with Gasteiger partial charge in [-0.3, -0.25) is 10.1 Å². The first-order valence-corrected chi connectivity index (χ1v) is 5.94. The second kappa shape index (κ2) is 5.52. The Kier molecular flexibility index (Phi) is 3.81. The molecule has 1 aliphatic heterocycles. The number of hydrogen-bond acceptors (Lipinski definition) is 4. The van der Waals surface area contributed by atoms with Crippen LogP contribution in [0.5, 0.6) is 0 Å². The number of carbonyl (C=O) groups is 2. The normalized spacial score (nSPS) is 19.8. The van der Waals surface area contributed by atoms with Crippen molar-refractivity contribution in [3.05, 3.63) is 11.8 Å². The third-order valence-electron chi connectivity index (χ3n) is 2.71. The zero-order valence-electron chi connectivity index (χ0n) is 10.2. The lowest BCUT2D eigenvalue weighted by molar-refractivity contribution is -0.122. The minimum atomic E-state index is -0.486. The summed E-state index contributed by atoms with van der Waals surface area (Å²) in [4.78, 5) is 23.3. The van der Waals surface area contributed by atoms with Gasteiger partial charge in [0.25, 0.3) is 0 Å². The largest absolute Gasteiger partial charge is 0.360 e. The number of aromatic nitrogens is 1. The summed E-state index contributed by atoms with van der Waals surface area (Å²) in [5.74, 6) is 0.801. The van der Waals surface area contributed by atoms with Gasteiger partial charge < -0.3 is 15.2 Å². The fourth-order valence-corrected chi connectivity index (χ4v) is 1.81. The van der Waals surface area contributed by atoms with Gasteiger partial charge in [0.1, 0.15) is 11.8 Å². The predicted molar refractivity (Wildman–Crippen MR) is 64.0 cm³/mol. The van der Waals surface area contributed by atoms with Crippen LogP contribution < -0.4 is 16.0 Å². The average molecular weight is 252 g/mol. The van der Waals surface area contributed by atoms with Crippen LogP contribution in [0, 0.1) is 6.92 Å². The topological polar surface area (TPSA) is 96.3 Å². The van der Waals surface area contributed by atoms with Crippen LogP contribution in [0.3, 0.4) is 0 Å². The van der Waals surface area contributed by atoms with Gasteiger partial charge in [-0.05, 0) is 26.2 Å². The molecule has 2 heterocycles. The molecular weight excluding hydrogens is 236 g/mol. The Morgan fingerprint density at radius 1 is 1.56 bits per heavy atom. The Balaban J connectivity index is 1.88. The van der Waals surface area contributed by atoms with E-state index in [1.54, 1.807) is 13.0 Å². The summed E-state index contributed by atoms with van der Waals surface area (Å²) >= 11 is 0. The molecule has 3 amide bonds. The molecule has 98 valence electrons. The Labute approximate surface area is 104 Å². The summed E-state index contributed by atoms with van der Waals surface area (Å²) in [6.07, 6.45) is 2.50. The number of nitrogens with one attached hydrogen (secondary N) is 3. The molecular formula is C11H16N4O3. The van der Waals surface area contributed by atoms with Crippen molar-refractivity contribution in [2.45, 2.75) is 32.2 Å². The van der Waals surface area contributed by atoms with Crippen LogP contribution in [0.25, 0.3) is 0 Å². The number of urea groups is 1. The molecule has 3 N–H and O–H groups in total. The summed E-state index contributed by atoms with van der Waals surface area (Å²) in [5, 5.41) is 11.5. The van der Waals surface area contributed by atoms with Crippen molar-refractivity contribution >= 4 is 17.8 Å². The van der Waals surface area contributed by atoms with E-state index in [0.29, 0.717) is 24.5 Å². The van der Waals surface area contributed by atoms with Crippen molar-refractivity contribution in [2.75, 3.05) is 11.9 Å². The molecule has 0 aromatic carbocycles. The number of carbonyl (C=O) groups excluding carboxylic acids is 2. The summed E-state index contributed by atoms with van der Waals surface area (Å²) in [5.41, 5.74) is 0. The van der Waals surface area contributed by atoms with E-state index in [9.17, 15) is 9.59 Å². The first kappa shape index (κ1) is 12.4. The van der Waals surface area contributed by atoms with Crippen molar-refractivity contribution in [3.8, 4) is 0 Å². The second-order valence-corrected chi connectivity index (χ2v) is 4.26. The van der Waals surface area contributed by atoms with Crippen molar-refractivity contribution < 1.29 is 14.1 Å². The van der Waals surface area contributed by atoms with E-state index >= 15 is 0 Å². The van der Waals surface area contributed by atoms with E-state index < -0.39 is 12.1 Å². The third-order valence-corrected chi connectivity index (χ3v) is 2.71.